The zero-order chi connectivity index (χ0) is 19.9. The van der Waals surface area contributed by atoms with Crippen LogP contribution < -0.4 is 4.74 Å². The van der Waals surface area contributed by atoms with E-state index < -0.39 is 34.6 Å². The molecular weight excluding hydrogens is 378 g/mol. The minimum Gasteiger partial charge on any atom is -0.508 e. The summed E-state index contributed by atoms with van der Waals surface area (Å²) in [5.41, 5.74) is -6.28. The molecule has 1 aliphatic rings. The van der Waals surface area contributed by atoms with Crippen LogP contribution in [0.2, 0.25) is 0 Å². The second-order valence-electron chi connectivity index (χ2n) is 6.08. The van der Waals surface area contributed by atoms with Crippen LogP contribution in [0.5, 0.6) is 11.5 Å². The van der Waals surface area contributed by atoms with Crippen LogP contribution in [0, 0.1) is 0 Å². The average molecular weight is 392 g/mol. The number of phenols is 1. The fourth-order valence-electron chi connectivity index (χ4n) is 2.85. The molecule has 0 radical (unpaired) electrons. The number of phenolic OH excluding ortho intramolecular Hbond substituents is 1. The number of ether oxygens (including phenoxy) is 2. The third kappa shape index (κ3) is 3.55. The van der Waals surface area contributed by atoms with E-state index in [2.05, 4.69) is 0 Å². The number of alkyl halides is 6. The highest BCUT2D eigenvalue weighted by Crippen LogP contribution is 2.56. The van der Waals surface area contributed by atoms with Gasteiger partial charge in [-0.05, 0) is 35.4 Å². The van der Waals surface area contributed by atoms with Crippen LogP contribution in [0.4, 0.5) is 26.3 Å². The summed E-state index contributed by atoms with van der Waals surface area (Å²) < 4.78 is 93.4. The Labute approximate surface area is 150 Å². The Bertz CT molecular complexity index is 763. The number of rotatable bonds is 5. The van der Waals surface area contributed by atoms with Gasteiger partial charge < -0.3 is 14.6 Å². The number of aromatic hydroxyl groups is 1. The van der Waals surface area contributed by atoms with Crippen molar-refractivity contribution in [2.75, 3.05) is 13.2 Å². The van der Waals surface area contributed by atoms with Gasteiger partial charge in [0.25, 0.3) is 0 Å². The van der Waals surface area contributed by atoms with Crippen LogP contribution in [-0.2, 0) is 10.2 Å². The van der Waals surface area contributed by atoms with E-state index in [4.69, 9.17) is 9.47 Å². The van der Waals surface area contributed by atoms with Gasteiger partial charge in [-0.25, -0.2) is 0 Å². The predicted molar refractivity (Wildman–Crippen MR) is 82.7 cm³/mol. The summed E-state index contributed by atoms with van der Waals surface area (Å²) in [6.07, 6.45) is -11.5. The molecule has 0 spiro atoms. The normalized spacial score (nSPS) is 17.6. The third-order valence-electron chi connectivity index (χ3n) is 4.28. The van der Waals surface area contributed by atoms with Crippen LogP contribution in [0.3, 0.4) is 0 Å². The molecule has 0 saturated carbocycles. The molecule has 0 amide bonds. The molecule has 0 bridgehead atoms. The van der Waals surface area contributed by atoms with Crippen molar-refractivity contribution in [3.05, 3.63) is 59.7 Å². The molecule has 146 valence electrons. The molecule has 9 heteroatoms. The number of hydrogen-bond donors (Lipinski definition) is 1. The fraction of sp³-hybridized carbons (Fsp3) is 0.333. The van der Waals surface area contributed by atoms with Crippen LogP contribution in [0.25, 0.3) is 0 Å². The standard InChI is InChI=1S/C18H14F6O3/c19-17(20,21)16(18(22,23)24,11-1-5-13(25)6-2-11)12-3-7-14(8-4-12)26-9-15-10-27-15/h1-8,15,25H,9-10H2. The van der Waals surface area contributed by atoms with Gasteiger partial charge in [-0.3, -0.25) is 0 Å². The lowest BCUT2D eigenvalue weighted by Crippen LogP contribution is -2.54. The van der Waals surface area contributed by atoms with E-state index >= 15 is 0 Å². The third-order valence-corrected chi connectivity index (χ3v) is 4.28. The lowest BCUT2D eigenvalue weighted by atomic mass is 9.73. The number of halogens is 6. The van der Waals surface area contributed by atoms with E-state index in [0.717, 1.165) is 36.4 Å². The first-order valence-electron chi connectivity index (χ1n) is 7.83. The van der Waals surface area contributed by atoms with E-state index in [1.807, 2.05) is 0 Å². The number of hydrogen-bond acceptors (Lipinski definition) is 3. The Balaban J connectivity index is 2.09. The summed E-state index contributed by atoms with van der Waals surface area (Å²) in [7, 11) is 0. The van der Waals surface area contributed by atoms with Crippen molar-refractivity contribution < 1.29 is 40.9 Å². The SMILES string of the molecule is Oc1ccc(C(c2ccc(OCC3CO3)cc2)(C(F)(F)F)C(F)(F)F)cc1. The largest absolute Gasteiger partial charge is 0.508 e. The monoisotopic (exact) mass is 392 g/mol. The summed E-state index contributed by atoms with van der Waals surface area (Å²) in [5.74, 6) is -0.304. The molecule has 1 N–H and O–H groups in total. The molecule has 2 aromatic carbocycles. The smallest absolute Gasteiger partial charge is 0.411 e. The van der Waals surface area contributed by atoms with E-state index in [1.54, 1.807) is 0 Å². The second-order valence-corrected chi connectivity index (χ2v) is 6.08. The number of epoxide rings is 1. The lowest BCUT2D eigenvalue weighted by Gasteiger charge is -2.38. The average Bonchev–Trinajstić information content (AvgIpc) is 3.38. The van der Waals surface area contributed by atoms with Gasteiger partial charge in [0.2, 0.25) is 5.41 Å². The van der Waals surface area contributed by atoms with Crippen LogP contribution >= 0.6 is 0 Å². The molecule has 0 aliphatic carbocycles. The molecule has 1 atom stereocenters. The first-order valence-corrected chi connectivity index (χ1v) is 7.83. The van der Waals surface area contributed by atoms with Gasteiger partial charge in [-0.15, -0.1) is 0 Å². The molecule has 1 fully saturated rings. The summed E-state index contributed by atoms with van der Waals surface area (Å²) in [6.45, 7) is 0.672. The topological polar surface area (TPSA) is 42.0 Å². The van der Waals surface area contributed by atoms with Crippen molar-refractivity contribution >= 4 is 0 Å². The van der Waals surface area contributed by atoms with E-state index in [0.29, 0.717) is 18.7 Å². The van der Waals surface area contributed by atoms with Crippen LogP contribution in [0.1, 0.15) is 11.1 Å². The van der Waals surface area contributed by atoms with Gasteiger partial charge >= 0.3 is 12.4 Å². The summed E-state index contributed by atoms with van der Waals surface area (Å²) in [6, 6.07) is 6.42. The Morgan fingerprint density at radius 1 is 0.852 bits per heavy atom. The van der Waals surface area contributed by atoms with Crippen molar-refractivity contribution in [1.82, 2.24) is 0 Å². The number of benzene rings is 2. The molecule has 1 saturated heterocycles. The van der Waals surface area contributed by atoms with Crippen molar-refractivity contribution in [3.63, 3.8) is 0 Å². The highest BCUT2D eigenvalue weighted by molar-refractivity contribution is 5.46. The van der Waals surface area contributed by atoms with Crippen molar-refractivity contribution in [2.45, 2.75) is 23.9 Å². The molecular formula is C18H14F6O3. The summed E-state index contributed by atoms with van der Waals surface area (Å²) >= 11 is 0. The first-order chi connectivity index (χ1) is 12.6. The van der Waals surface area contributed by atoms with E-state index in [1.165, 1.54) is 0 Å². The Morgan fingerprint density at radius 3 is 1.70 bits per heavy atom. The first kappa shape index (κ1) is 19.3. The van der Waals surface area contributed by atoms with Gasteiger partial charge in [-0.1, -0.05) is 24.3 Å². The van der Waals surface area contributed by atoms with Crippen molar-refractivity contribution in [2.24, 2.45) is 0 Å². The van der Waals surface area contributed by atoms with Gasteiger partial charge in [0.05, 0.1) is 6.61 Å². The zero-order valence-electron chi connectivity index (χ0n) is 13.6. The van der Waals surface area contributed by atoms with Gasteiger partial charge in [-0.2, -0.15) is 26.3 Å². The highest BCUT2D eigenvalue weighted by atomic mass is 19.4. The molecule has 0 aromatic heterocycles. The van der Waals surface area contributed by atoms with E-state index in [-0.39, 0.29) is 18.5 Å². The van der Waals surface area contributed by atoms with E-state index in [9.17, 15) is 31.4 Å². The predicted octanol–water partition coefficient (Wildman–Crippen LogP) is 4.58. The maximum Gasteiger partial charge on any atom is 0.411 e. The zero-order valence-corrected chi connectivity index (χ0v) is 13.6. The molecule has 1 heterocycles. The van der Waals surface area contributed by atoms with Crippen LogP contribution in [-0.4, -0.2) is 36.8 Å². The molecule has 27 heavy (non-hydrogen) atoms. The van der Waals surface area contributed by atoms with Gasteiger partial charge in [0.15, 0.2) is 0 Å². The molecule has 1 unspecified atom stereocenters. The van der Waals surface area contributed by atoms with Crippen molar-refractivity contribution in [1.29, 1.82) is 0 Å². The molecule has 2 aromatic rings. The van der Waals surface area contributed by atoms with Gasteiger partial charge in [0.1, 0.15) is 24.2 Å². The molecule has 3 rings (SSSR count). The Hall–Kier alpha value is -2.42. The van der Waals surface area contributed by atoms with Crippen molar-refractivity contribution in [3.8, 4) is 11.5 Å². The highest BCUT2D eigenvalue weighted by Gasteiger charge is 2.72. The maximum atomic E-state index is 13.9. The summed E-state index contributed by atoms with van der Waals surface area (Å²) in [4.78, 5) is 0. The lowest BCUT2D eigenvalue weighted by molar-refractivity contribution is -0.288. The Morgan fingerprint density at radius 2 is 1.30 bits per heavy atom. The maximum absolute atomic E-state index is 13.9. The van der Waals surface area contributed by atoms with Gasteiger partial charge in [0, 0.05) is 0 Å². The second kappa shape index (κ2) is 6.63. The quantitative estimate of drug-likeness (QED) is 0.598. The summed E-state index contributed by atoms with van der Waals surface area (Å²) in [5, 5.41) is 9.25. The molecule has 1 aliphatic heterocycles. The molecule has 3 nitrogen and oxygen atoms in total. The Kier molecular flexibility index (Phi) is 4.75. The van der Waals surface area contributed by atoms with Crippen LogP contribution in [0.15, 0.2) is 48.5 Å². The fourth-order valence-corrected chi connectivity index (χ4v) is 2.85. The minimum absolute atomic E-state index is 0.105. The minimum atomic E-state index is -5.67.